The minimum atomic E-state index is 0.446. The Morgan fingerprint density at radius 1 is 1.00 bits per heavy atom. The first-order valence-electron chi connectivity index (χ1n) is 8.57. The number of hydrogen-bond acceptors (Lipinski definition) is 5. The van der Waals surface area contributed by atoms with E-state index in [1.807, 2.05) is 48.5 Å². The second-order valence-electron chi connectivity index (χ2n) is 5.88. The number of thioether (sulfide) groups is 1. The van der Waals surface area contributed by atoms with Gasteiger partial charge in [-0.25, -0.2) is 0 Å². The maximum absolute atomic E-state index is 5.53. The zero-order chi connectivity index (χ0) is 18.5. The van der Waals surface area contributed by atoms with Crippen LogP contribution < -0.4 is 9.47 Å². The third kappa shape index (κ3) is 3.70. The predicted molar refractivity (Wildman–Crippen MR) is 106 cm³/mol. The summed E-state index contributed by atoms with van der Waals surface area (Å²) in [5, 5.41) is 10.3. The van der Waals surface area contributed by atoms with E-state index in [4.69, 9.17) is 9.47 Å². The minimum absolute atomic E-state index is 0.446. The van der Waals surface area contributed by atoms with Gasteiger partial charge in [0, 0.05) is 5.25 Å². The van der Waals surface area contributed by atoms with Gasteiger partial charge in [-0.05, 0) is 42.8 Å². The van der Waals surface area contributed by atoms with E-state index in [2.05, 4.69) is 28.6 Å². The first kappa shape index (κ1) is 18.3. The molecule has 1 aromatic heterocycles. The highest BCUT2D eigenvalue weighted by Gasteiger charge is 2.20. The normalized spacial score (nSPS) is 12.0. The van der Waals surface area contributed by atoms with Crippen LogP contribution in [0.4, 0.5) is 0 Å². The van der Waals surface area contributed by atoms with Crippen molar-refractivity contribution in [1.82, 2.24) is 14.8 Å². The molecule has 5 nitrogen and oxygen atoms in total. The van der Waals surface area contributed by atoms with Crippen LogP contribution in [0.5, 0.6) is 11.5 Å². The molecule has 0 aliphatic carbocycles. The molecule has 0 radical (unpaired) electrons. The van der Waals surface area contributed by atoms with Gasteiger partial charge in [0.1, 0.15) is 11.5 Å². The van der Waals surface area contributed by atoms with Gasteiger partial charge in [0.15, 0.2) is 11.0 Å². The van der Waals surface area contributed by atoms with Gasteiger partial charge in [0.05, 0.1) is 25.5 Å². The molecule has 2 aromatic carbocycles. The molecule has 0 fully saturated rings. The molecule has 1 unspecified atom stereocenters. The van der Waals surface area contributed by atoms with Gasteiger partial charge in [-0.2, -0.15) is 0 Å². The van der Waals surface area contributed by atoms with E-state index >= 15 is 0 Å². The van der Waals surface area contributed by atoms with Crippen molar-refractivity contribution in [3.05, 3.63) is 48.5 Å². The van der Waals surface area contributed by atoms with Crippen molar-refractivity contribution in [2.24, 2.45) is 0 Å². The number of methoxy groups -OCH3 is 2. The monoisotopic (exact) mass is 369 g/mol. The maximum Gasteiger partial charge on any atom is 0.196 e. The van der Waals surface area contributed by atoms with Crippen LogP contribution in [0, 0.1) is 0 Å². The number of rotatable bonds is 7. The van der Waals surface area contributed by atoms with E-state index in [9.17, 15) is 0 Å². The van der Waals surface area contributed by atoms with Gasteiger partial charge in [0.2, 0.25) is 0 Å². The largest absolute Gasteiger partial charge is 0.497 e. The standard InChI is InChI=1S/C20H23N3O2S/c1-5-14(2)26-20-22-21-19(17-8-6-7-9-18(17)25-4)23(20)15-10-12-16(24-3)13-11-15/h6-14H,5H2,1-4H3. The van der Waals surface area contributed by atoms with Crippen LogP contribution in [0.3, 0.4) is 0 Å². The highest BCUT2D eigenvalue weighted by Crippen LogP contribution is 2.35. The molecule has 0 saturated carbocycles. The highest BCUT2D eigenvalue weighted by molar-refractivity contribution is 7.99. The van der Waals surface area contributed by atoms with Crippen LogP contribution in [-0.4, -0.2) is 34.2 Å². The number of ether oxygens (including phenoxy) is 2. The highest BCUT2D eigenvalue weighted by atomic mass is 32.2. The lowest BCUT2D eigenvalue weighted by Crippen LogP contribution is -2.03. The summed E-state index contributed by atoms with van der Waals surface area (Å²) in [6.07, 6.45) is 1.06. The van der Waals surface area contributed by atoms with Gasteiger partial charge in [-0.15, -0.1) is 10.2 Å². The number of nitrogens with zero attached hydrogens (tertiary/aromatic N) is 3. The summed E-state index contributed by atoms with van der Waals surface area (Å²) in [4.78, 5) is 0. The van der Waals surface area contributed by atoms with E-state index in [0.717, 1.165) is 40.2 Å². The average molecular weight is 369 g/mol. The molecule has 26 heavy (non-hydrogen) atoms. The van der Waals surface area contributed by atoms with Crippen molar-refractivity contribution < 1.29 is 9.47 Å². The topological polar surface area (TPSA) is 49.2 Å². The van der Waals surface area contributed by atoms with Crippen molar-refractivity contribution in [3.63, 3.8) is 0 Å². The lowest BCUT2D eigenvalue weighted by atomic mass is 10.2. The van der Waals surface area contributed by atoms with E-state index in [-0.39, 0.29) is 0 Å². The molecule has 0 aliphatic rings. The summed E-state index contributed by atoms with van der Waals surface area (Å²) in [6, 6.07) is 15.8. The van der Waals surface area contributed by atoms with Crippen molar-refractivity contribution in [1.29, 1.82) is 0 Å². The molecule has 6 heteroatoms. The van der Waals surface area contributed by atoms with Gasteiger partial charge in [-0.3, -0.25) is 4.57 Å². The molecular formula is C20H23N3O2S. The molecule has 3 rings (SSSR count). The molecule has 0 spiro atoms. The molecule has 1 atom stereocenters. The SMILES string of the molecule is CCC(C)Sc1nnc(-c2ccccc2OC)n1-c1ccc(OC)cc1. The van der Waals surface area contributed by atoms with Crippen molar-refractivity contribution in [3.8, 4) is 28.6 Å². The zero-order valence-corrected chi connectivity index (χ0v) is 16.3. The van der Waals surface area contributed by atoms with Crippen molar-refractivity contribution in [2.45, 2.75) is 30.7 Å². The van der Waals surface area contributed by atoms with Gasteiger partial charge < -0.3 is 9.47 Å². The summed E-state index contributed by atoms with van der Waals surface area (Å²) in [5.74, 6) is 2.35. The van der Waals surface area contributed by atoms with Crippen molar-refractivity contribution >= 4 is 11.8 Å². The Kier molecular flexibility index (Phi) is 5.83. The summed E-state index contributed by atoms with van der Waals surface area (Å²) in [5.41, 5.74) is 1.90. The van der Waals surface area contributed by atoms with Gasteiger partial charge in [0.25, 0.3) is 0 Å². The van der Waals surface area contributed by atoms with Gasteiger partial charge >= 0.3 is 0 Å². The summed E-state index contributed by atoms with van der Waals surface area (Å²) < 4.78 is 12.9. The first-order valence-corrected chi connectivity index (χ1v) is 9.45. The molecule has 0 N–H and O–H groups in total. The summed E-state index contributed by atoms with van der Waals surface area (Å²) >= 11 is 1.72. The van der Waals surface area contributed by atoms with Crippen LogP contribution in [0.2, 0.25) is 0 Å². The Morgan fingerprint density at radius 2 is 1.73 bits per heavy atom. The molecule has 1 heterocycles. The Labute approximate surface area is 158 Å². The lowest BCUT2D eigenvalue weighted by molar-refractivity contribution is 0.414. The molecule has 3 aromatic rings. The molecule has 0 bridgehead atoms. The second-order valence-corrected chi connectivity index (χ2v) is 7.28. The fourth-order valence-corrected chi connectivity index (χ4v) is 3.49. The second kappa shape index (κ2) is 8.27. The predicted octanol–water partition coefficient (Wildman–Crippen LogP) is 4.84. The van der Waals surface area contributed by atoms with Crippen molar-refractivity contribution in [2.75, 3.05) is 14.2 Å². The molecular weight excluding hydrogens is 346 g/mol. The zero-order valence-electron chi connectivity index (χ0n) is 15.5. The first-order chi connectivity index (χ1) is 12.7. The van der Waals surface area contributed by atoms with E-state index < -0.39 is 0 Å². The van der Waals surface area contributed by atoms with Crippen LogP contribution in [0.1, 0.15) is 20.3 Å². The number of para-hydroxylation sites is 1. The average Bonchev–Trinajstić information content (AvgIpc) is 3.11. The Hall–Kier alpha value is -2.47. The third-order valence-electron chi connectivity index (χ3n) is 4.19. The van der Waals surface area contributed by atoms with Gasteiger partial charge in [-0.1, -0.05) is 37.7 Å². The summed E-state index contributed by atoms with van der Waals surface area (Å²) in [6.45, 7) is 4.37. The van der Waals surface area contributed by atoms with E-state index in [1.54, 1.807) is 26.0 Å². The molecule has 0 aliphatic heterocycles. The van der Waals surface area contributed by atoms with Crippen LogP contribution in [-0.2, 0) is 0 Å². The Morgan fingerprint density at radius 3 is 2.38 bits per heavy atom. The number of benzene rings is 2. The lowest BCUT2D eigenvalue weighted by Gasteiger charge is -2.14. The number of hydrogen-bond donors (Lipinski definition) is 0. The van der Waals surface area contributed by atoms with Crippen LogP contribution in [0.25, 0.3) is 17.1 Å². The smallest absolute Gasteiger partial charge is 0.196 e. The Bertz CT molecular complexity index is 862. The quantitative estimate of drug-likeness (QED) is 0.558. The van der Waals surface area contributed by atoms with E-state index in [0.29, 0.717) is 5.25 Å². The summed E-state index contributed by atoms with van der Waals surface area (Å²) in [7, 11) is 3.33. The minimum Gasteiger partial charge on any atom is -0.497 e. The van der Waals surface area contributed by atoms with Crippen LogP contribution >= 0.6 is 11.8 Å². The number of aromatic nitrogens is 3. The fraction of sp³-hybridized carbons (Fsp3) is 0.300. The molecule has 0 saturated heterocycles. The Balaban J connectivity index is 2.15. The van der Waals surface area contributed by atoms with E-state index in [1.165, 1.54) is 0 Å². The molecule has 136 valence electrons. The maximum atomic E-state index is 5.53. The fourth-order valence-electron chi connectivity index (χ4n) is 2.58. The third-order valence-corrected chi connectivity index (χ3v) is 5.40. The molecule has 0 amide bonds. The van der Waals surface area contributed by atoms with Crippen LogP contribution in [0.15, 0.2) is 53.7 Å².